The van der Waals surface area contributed by atoms with Crippen LogP contribution in [0.15, 0.2) is 18.2 Å². The van der Waals surface area contributed by atoms with Crippen LogP contribution in [-0.4, -0.2) is 48.5 Å². The molecule has 0 aliphatic heterocycles. The summed E-state index contributed by atoms with van der Waals surface area (Å²) in [6.45, 7) is 11.5. The summed E-state index contributed by atoms with van der Waals surface area (Å²) in [4.78, 5) is 39.2. The lowest BCUT2D eigenvalue weighted by atomic mass is 9.94. The highest BCUT2D eigenvalue weighted by atomic mass is 16.6. The molecule has 0 radical (unpaired) electrons. The van der Waals surface area contributed by atoms with E-state index in [0.29, 0.717) is 6.54 Å². The molecule has 3 amide bonds. The Balaban J connectivity index is 2.99. The van der Waals surface area contributed by atoms with Crippen LogP contribution in [0.2, 0.25) is 0 Å². The lowest BCUT2D eigenvalue weighted by Crippen LogP contribution is -2.46. The maximum absolute atomic E-state index is 13.1. The lowest BCUT2D eigenvalue weighted by molar-refractivity contribution is -0.138. The van der Waals surface area contributed by atoms with Gasteiger partial charge < -0.3 is 20.3 Å². The molecule has 7 nitrogen and oxygen atoms in total. The number of alkyl carbamates (subject to hydrolysis) is 1. The van der Waals surface area contributed by atoms with Crippen molar-refractivity contribution in [1.82, 2.24) is 15.5 Å². The third-order valence-electron chi connectivity index (χ3n) is 4.71. The fraction of sp³-hybridized carbons (Fsp3) is 0.609. The predicted molar refractivity (Wildman–Crippen MR) is 118 cm³/mol. The normalized spacial score (nSPS) is 12.1. The Labute approximate surface area is 180 Å². The largest absolute Gasteiger partial charge is 0.444 e. The molecule has 1 atom stereocenters. The van der Waals surface area contributed by atoms with Crippen molar-refractivity contribution in [2.75, 3.05) is 20.1 Å². The molecule has 0 bridgehead atoms. The van der Waals surface area contributed by atoms with Gasteiger partial charge in [0, 0.05) is 13.6 Å². The number of carbonyl (C=O) groups is 3. The lowest BCUT2D eigenvalue weighted by Gasteiger charge is -2.30. The third-order valence-corrected chi connectivity index (χ3v) is 4.71. The van der Waals surface area contributed by atoms with Gasteiger partial charge in [0.2, 0.25) is 11.8 Å². The zero-order chi connectivity index (χ0) is 22.9. The number of nitrogens with one attached hydrogen (secondary N) is 2. The Kier molecular flexibility index (Phi) is 9.82. The van der Waals surface area contributed by atoms with Gasteiger partial charge in [-0.15, -0.1) is 0 Å². The van der Waals surface area contributed by atoms with Gasteiger partial charge in [0.05, 0.1) is 0 Å². The Morgan fingerprint density at radius 2 is 1.67 bits per heavy atom. The number of benzene rings is 1. The van der Waals surface area contributed by atoms with Crippen LogP contribution in [0.5, 0.6) is 0 Å². The molecule has 1 aromatic carbocycles. The summed E-state index contributed by atoms with van der Waals surface area (Å²) < 4.78 is 5.17. The van der Waals surface area contributed by atoms with Crippen molar-refractivity contribution in [3.63, 3.8) is 0 Å². The fourth-order valence-electron chi connectivity index (χ4n) is 3.17. The van der Waals surface area contributed by atoms with Crippen LogP contribution in [0.3, 0.4) is 0 Å². The molecule has 0 saturated heterocycles. The number of amides is 3. The smallest absolute Gasteiger partial charge is 0.408 e. The summed E-state index contributed by atoms with van der Waals surface area (Å²) in [5.74, 6) is -0.603. The SMILES string of the molecule is CCCCCNC(=O)C(c1c(C)cccc1C)N(C)C(=O)CNC(=O)OC(C)(C)C. The van der Waals surface area contributed by atoms with Crippen LogP contribution in [0.1, 0.15) is 69.7 Å². The highest BCUT2D eigenvalue weighted by Gasteiger charge is 2.31. The molecule has 0 fully saturated rings. The van der Waals surface area contributed by atoms with Crippen LogP contribution in [-0.2, 0) is 14.3 Å². The number of ether oxygens (including phenoxy) is 1. The van der Waals surface area contributed by atoms with Crippen molar-refractivity contribution in [2.45, 2.75) is 72.4 Å². The van der Waals surface area contributed by atoms with Gasteiger partial charge in [-0.3, -0.25) is 9.59 Å². The molecule has 1 aromatic rings. The monoisotopic (exact) mass is 419 g/mol. The highest BCUT2D eigenvalue weighted by molar-refractivity contribution is 5.90. The summed E-state index contributed by atoms with van der Waals surface area (Å²) in [7, 11) is 1.58. The van der Waals surface area contributed by atoms with E-state index in [1.165, 1.54) is 4.90 Å². The average molecular weight is 420 g/mol. The van der Waals surface area contributed by atoms with E-state index < -0.39 is 17.7 Å². The Bertz CT molecular complexity index is 720. The molecule has 7 heteroatoms. The van der Waals surface area contributed by atoms with Gasteiger partial charge in [0.15, 0.2) is 0 Å². The van der Waals surface area contributed by atoms with Gasteiger partial charge in [-0.25, -0.2) is 4.79 Å². The molecule has 2 N–H and O–H groups in total. The van der Waals surface area contributed by atoms with Crippen LogP contribution in [0, 0.1) is 13.8 Å². The van der Waals surface area contributed by atoms with E-state index in [0.717, 1.165) is 36.0 Å². The van der Waals surface area contributed by atoms with E-state index in [9.17, 15) is 14.4 Å². The second-order valence-electron chi connectivity index (χ2n) is 8.57. The van der Waals surface area contributed by atoms with Crippen LogP contribution in [0.25, 0.3) is 0 Å². The van der Waals surface area contributed by atoms with Gasteiger partial charge in [-0.1, -0.05) is 38.0 Å². The Morgan fingerprint density at radius 3 is 2.20 bits per heavy atom. The summed E-state index contributed by atoms with van der Waals surface area (Å²) in [6.07, 6.45) is 2.31. The van der Waals surface area contributed by atoms with Crippen LogP contribution >= 0.6 is 0 Å². The molecular formula is C23H37N3O4. The zero-order valence-corrected chi connectivity index (χ0v) is 19.4. The molecule has 0 aliphatic rings. The topological polar surface area (TPSA) is 87.7 Å². The number of likely N-dealkylation sites (N-methyl/N-ethyl adjacent to an activating group) is 1. The Morgan fingerprint density at radius 1 is 1.07 bits per heavy atom. The first-order chi connectivity index (χ1) is 14.0. The van der Waals surface area contributed by atoms with E-state index in [1.54, 1.807) is 27.8 Å². The van der Waals surface area contributed by atoms with E-state index >= 15 is 0 Å². The predicted octanol–water partition coefficient (Wildman–Crippen LogP) is 3.63. The highest BCUT2D eigenvalue weighted by Crippen LogP contribution is 2.27. The first kappa shape index (κ1) is 25.5. The summed E-state index contributed by atoms with van der Waals surface area (Å²) in [6, 6.07) is 5.00. The summed E-state index contributed by atoms with van der Waals surface area (Å²) >= 11 is 0. The number of unbranched alkanes of at least 4 members (excludes halogenated alkanes) is 2. The standard InChI is InChI=1S/C23H37N3O4/c1-8-9-10-14-24-21(28)20(19-16(2)12-11-13-17(19)3)26(7)18(27)15-25-22(29)30-23(4,5)6/h11-13,20H,8-10,14-15H2,1-7H3,(H,24,28)(H,25,29). The van der Waals surface area contributed by atoms with Crippen molar-refractivity contribution in [1.29, 1.82) is 0 Å². The van der Waals surface area contributed by atoms with Gasteiger partial charge in [0.1, 0.15) is 18.2 Å². The zero-order valence-electron chi connectivity index (χ0n) is 19.4. The molecule has 0 aliphatic carbocycles. The van der Waals surface area contributed by atoms with Crippen LogP contribution in [0.4, 0.5) is 4.79 Å². The number of carbonyl (C=O) groups excluding carboxylic acids is 3. The first-order valence-electron chi connectivity index (χ1n) is 10.5. The molecule has 0 saturated carbocycles. The van der Waals surface area contributed by atoms with Crippen molar-refractivity contribution < 1.29 is 19.1 Å². The van der Waals surface area contributed by atoms with Gasteiger partial charge >= 0.3 is 6.09 Å². The molecule has 30 heavy (non-hydrogen) atoms. The minimum atomic E-state index is -0.777. The number of hydrogen-bond acceptors (Lipinski definition) is 4. The van der Waals surface area contributed by atoms with E-state index in [4.69, 9.17) is 4.74 Å². The van der Waals surface area contributed by atoms with Gasteiger partial charge in [-0.2, -0.15) is 0 Å². The number of rotatable bonds is 9. The molecule has 0 spiro atoms. The average Bonchev–Trinajstić information content (AvgIpc) is 2.64. The van der Waals surface area contributed by atoms with Crippen molar-refractivity contribution in [2.24, 2.45) is 0 Å². The maximum atomic E-state index is 13.1. The molecule has 1 rings (SSSR count). The molecule has 0 heterocycles. The summed E-state index contributed by atoms with van der Waals surface area (Å²) in [5, 5.41) is 5.43. The second kappa shape index (κ2) is 11.6. The van der Waals surface area contributed by atoms with Gasteiger partial charge in [0.25, 0.3) is 0 Å². The number of aryl methyl sites for hydroxylation is 2. The van der Waals surface area contributed by atoms with E-state index in [-0.39, 0.29) is 18.4 Å². The molecule has 168 valence electrons. The Hall–Kier alpha value is -2.57. The first-order valence-corrected chi connectivity index (χ1v) is 10.5. The quantitative estimate of drug-likeness (QED) is 0.598. The maximum Gasteiger partial charge on any atom is 0.408 e. The molecular weight excluding hydrogens is 382 g/mol. The van der Waals surface area contributed by atoms with Crippen molar-refractivity contribution >= 4 is 17.9 Å². The minimum absolute atomic E-state index is 0.225. The molecule has 0 aromatic heterocycles. The van der Waals surface area contributed by atoms with Gasteiger partial charge in [-0.05, 0) is 57.7 Å². The molecule has 1 unspecified atom stereocenters. The third kappa shape index (κ3) is 8.05. The fourth-order valence-corrected chi connectivity index (χ4v) is 3.17. The minimum Gasteiger partial charge on any atom is -0.444 e. The van der Waals surface area contributed by atoms with Crippen molar-refractivity contribution in [3.8, 4) is 0 Å². The van der Waals surface area contributed by atoms with Crippen molar-refractivity contribution in [3.05, 3.63) is 34.9 Å². The number of nitrogens with zero attached hydrogens (tertiary/aromatic N) is 1. The summed E-state index contributed by atoms with van der Waals surface area (Å²) in [5.41, 5.74) is 2.02. The van der Waals surface area contributed by atoms with E-state index in [1.807, 2.05) is 32.0 Å². The second-order valence-corrected chi connectivity index (χ2v) is 8.57. The van der Waals surface area contributed by atoms with E-state index in [2.05, 4.69) is 17.6 Å². The number of hydrogen-bond donors (Lipinski definition) is 2. The van der Waals surface area contributed by atoms with Crippen LogP contribution < -0.4 is 10.6 Å².